The van der Waals surface area contributed by atoms with E-state index in [2.05, 4.69) is 4.98 Å². The van der Waals surface area contributed by atoms with Crippen molar-refractivity contribution in [2.45, 2.75) is 0 Å². The zero-order valence-electron chi connectivity index (χ0n) is 5.20. The van der Waals surface area contributed by atoms with Crippen molar-refractivity contribution >= 4 is 0 Å². The molecule has 0 fully saturated rings. The molecule has 0 aliphatic rings. The van der Waals surface area contributed by atoms with Gasteiger partial charge in [-0.25, -0.2) is 5.32 Å². The van der Waals surface area contributed by atoms with Crippen LogP contribution in [0.25, 0.3) is 0 Å². The van der Waals surface area contributed by atoms with Crippen molar-refractivity contribution in [1.29, 1.82) is 10.5 Å². The van der Waals surface area contributed by atoms with Crippen LogP contribution in [0, 0.1) is 22.9 Å². The molecule has 0 aromatic carbocycles. The topological polar surface area (TPSA) is 75.4 Å². The Balaban J connectivity index is 0.000000162. The molecule has 4 nitrogen and oxygen atoms in total. The zero-order valence-corrected chi connectivity index (χ0v) is 5.20. The SMILES string of the molecule is N#CNC#N.c1cc[nH]c1. The van der Waals surface area contributed by atoms with Gasteiger partial charge in [0, 0.05) is 12.4 Å². The Morgan fingerprint density at radius 2 is 1.60 bits per heavy atom. The van der Waals surface area contributed by atoms with E-state index in [1.807, 2.05) is 24.5 Å². The summed E-state index contributed by atoms with van der Waals surface area (Å²) in [4.78, 5) is 2.86. The molecule has 0 saturated carbocycles. The van der Waals surface area contributed by atoms with Gasteiger partial charge < -0.3 is 4.98 Å². The second kappa shape index (κ2) is 7.06. The summed E-state index contributed by atoms with van der Waals surface area (Å²) in [6.07, 6.45) is 6.56. The van der Waals surface area contributed by atoms with Gasteiger partial charge in [0.05, 0.1) is 0 Å². The highest BCUT2D eigenvalue weighted by atomic mass is 14.8. The lowest BCUT2D eigenvalue weighted by Crippen LogP contribution is -1.88. The molecule has 0 amide bonds. The van der Waals surface area contributed by atoms with Gasteiger partial charge in [-0.3, -0.25) is 0 Å². The van der Waals surface area contributed by atoms with E-state index in [9.17, 15) is 0 Å². The van der Waals surface area contributed by atoms with Gasteiger partial charge in [0.1, 0.15) is 0 Å². The first kappa shape index (κ1) is 8.06. The van der Waals surface area contributed by atoms with Gasteiger partial charge in [0.15, 0.2) is 12.4 Å². The smallest absolute Gasteiger partial charge is 0.190 e. The Labute approximate surface area is 58.7 Å². The molecule has 1 aromatic heterocycles. The van der Waals surface area contributed by atoms with Crippen LogP contribution in [0.1, 0.15) is 0 Å². The maximum atomic E-state index is 7.48. The Bertz CT molecular complexity index is 184. The van der Waals surface area contributed by atoms with Crippen molar-refractivity contribution < 1.29 is 0 Å². The second-order valence-electron chi connectivity index (χ2n) is 1.23. The molecule has 0 atom stereocenters. The summed E-state index contributed by atoms with van der Waals surface area (Å²) in [6, 6.07) is 3.89. The van der Waals surface area contributed by atoms with Gasteiger partial charge in [0.2, 0.25) is 0 Å². The molecule has 1 rings (SSSR count). The van der Waals surface area contributed by atoms with E-state index in [1.165, 1.54) is 12.4 Å². The predicted octanol–water partition coefficient (Wildman–Crippen LogP) is 0.553. The number of hydrogen-bond donors (Lipinski definition) is 2. The number of aromatic amines is 1. The molecule has 0 aliphatic carbocycles. The Morgan fingerprint density at radius 1 is 1.10 bits per heavy atom. The highest BCUT2D eigenvalue weighted by Crippen LogP contribution is 1.72. The minimum atomic E-state index is 1.41. The fourth-order valence-electron chi connectivity index (χ4n) is 0.303. The van der Waals surface area contributed by atoms with Gasteiger partial charge in [0.25, 0.3) is 0 Å². The monoisotopic (exact) mass is 134 g/mol. The summed E-state index contributed by atoms with van der Waals surface area (Å²) in [5.74, 6) is 0. The molecular formula is C6H6N4. The Kier molecular flexibility index (Phi) is 5.69. The fourth-order valence-corrected chi connectivity index (χ4v) is 0.303. The average Bonchev–Trinajstić information content (AvgIpc) is 2.44. The number of nitrogens with zero attached hydrogens (tertiary/aromatic N) is 2. The maximum Gasteiger partial charge on any atom is 0.190 e. The molecule has 1 aromatic rings. The average molecular weight is 134 g/mol. The lowest BCUT2D eigenvalue weighted by molar-refractivity contribution is 1.20. The molecule has 0 bridgehead atoms. The quantitative estimate of drug-likeness (QED) is 0.402. The third kappa shape index (κ3) is 6.06. The van der Waals surface area contributed by atoms with Crippen molar-refractivity contribution in [2.24, 2.45) is 0 Å². The third-order valence-corrected chi connectivity index (χ3v) is 0.608. The Morgan fingerprint density at radius 3 is 1.70 bits per heavy atom. The highest BCUT2D eigenvalue weighted by Gasteiger charge is 1.55. The third-order valence-electron chi connectivity index (χ3n) is 0.608. The first-order chi connectivity index (χ1) is 4.91. The van der Waals surface area contributed by atoms with Gasteiger partial charge >= 0.3 is 0 Å². The molecule has 10 heavy (non-hydrogen) atoms. The maximum absolute atomic E-state index is 7.48. The fraction of sp³-hybridized carbons (Fsp3) is 0. The molecule has 50 valence electrons. The molecule has 0 unspecified atom stereocenters. The van der Waals surface area contributed by atoms with Gasteiger partial charge in [-0.15, -0.1) is 0 Å². The predicted molar refractivity (Wildman–Crippen MR) is 35.2 cm³/mol. The van der Waals surface area contributed by atoms with E-state index in [1.54, 1.807) is 5.32 Å². The van der Waals surface area contributed by atoms with E-state index in [4.69, 9.17) is 10.5 Å². The largest absolute Gasteiger partial charge is 0.368 e. The van der Waals surface area contributed by atoms with E-state index in [0.29, 0.717) is 0 Å². The first-order valence-corrected chi connectivity index (χ1v) is 2.52. The summed E-state index contributed by atoms with van der Waals surface area (Å²) >= 11 is 0. The minimum absolute atomic E-state index is 1.41. The van der Waals surface area contributed by atoms with Crippen molar-refractivity contribution in [2.75, 3.05) is 0 Å². The normalized spacial score (nSPS) is 5.80. The number of rotatable bonds is 0. The first-order valence-electron chi connectivity index (χ1n) is 2.52. The zero-order chi connectivity index (χ0) is 7.66. The number of nitriles is 2. The van der Waals surface area contributed by atoms with Crippen molar-refractivity contribution in [3.63, 3.8) is 0 Å². The van der Waals surface area contributed by atoms with Crippen LogP contribution < -0.4 is 5.32 Å². The van der Waals surface area contributed by atoms with Crippen LogP contribution in [0.4, 0.5) is 0 Å². The lowest BCUT2D eigenvalue weighted by Gasteiger charge is -1.56. The number of nitrogens with one attached hydrogen (secondary N) is 2. The minimum Gasteiger partial charge on any atom is -0.368 e. The summed E-state index contributed by atoms with van der Waals surface area (Å²) in [7, 11) is 0. The molecule has 0 spiro atoms. The van der Waals surface area contributed by atoms with Gasteiger partial charge in [-0.05, 0) is 12.1 Å². The summed E-state index contributed by atoms with van der Waals surface area (Å²) in [6.45, 7) is 0. The van der Waals surface area contributed by atoms with Crippen LogP contribution in [-0.4, -0.2) is 4.98 Å². The van der Waals surface area contributed by atoms with Crippen LogP contribution >= 0.6 is 0 Å². The highest BCUT2D eigenvalue weighted by molar-refractivity contribution is 4.84. The summed E-state index contributed by atoms with van der Waals surface area (Å²) in [5.41, 5.74) is 0. The van der Waals surface area contributed by atoms with Crippen LogP contribution in [0.2, 0.25) is 0 Å². The molecule has 4 heteroatoms. The molecule has 0 radical (unpaired) electrons. The molecule has 2 N–H and O–H groups in total. The summed E-state index contributed by atoms with van der Waals surface area (Å²) in [5, 5.41) is 16.7. The van der Waals surface area contributed by atoms with E-state index in [0.717, 1.165) is 0 Å². The van der Waals surface area contributed by atoms with Crippen LogP contribution in [0.3, 0.4) is 0 Å². The van der Waals surface area contributed by atoms with Gasteiger partial charge in [-0.1, -0.05) is 0 Å². The molecule has 1 heterocycles. The van der Waals surface area contributed by atoms with Crippen LogP contribution in [0.5, 0.6) is 0 Å². The number of aromatic nitrogens is 1. The number of hydrogen-bond acceptors (Lipinski definition) is 3. The molecular weight excluding hydrogens is 128 g/mol. The van der Waals surface area contributed by atoms with Crippen molar-refractivity contribution in [3.05, 3.63) is 24.5 Å². The van der Waals surface area contributed by atoms with E-state index >= 15 is 0 Å². The van der Waals surface area contributed by atoms with E-state index < -0.39 is 0 Å². The molecule has 0 saturated heterocycles. The van der Waals surface area contributed by atoms with Crippen molar-refractivity contribution in [1.82, 2.24) is 10.3 Å². The van der Waals surface area contributed by atoms with Gasteiger partial charge in [-0.2, -0.15) is 10.5 Å². The molecule has 0 aliphatic heterocycles. The van der Waals surface area contributed by atoms with Crippen molar-refractivity contribution in [3.8, 4) is 12.4 Å². The summed E-state index contributed by atoms with van der Waals surface area (Å²) < 4.78 is 0. The van der Waals surface area contributed by atoms with E-state index in [-0.39, 0.29) is 0 Å². The second-order valence-corrected chi connectivity index (χ2v) is 1.23. The lowest BCUT2D eigenvalue weighted by atomic mass is 10.7. The Hall–Kier alpha value is -1.94. The number of H-pyrrole nitrogens is 1. The van der Waals surface area contributed by atoms with Crippen LogP contribution in [-0.2, 0) is 0 Å². The standard InChI is InChI=1S/C4H5N.C2HN3/c1-2-4-5-3-1;3-1-5-2-4/h1-5H;5H. The van der Waals surface area contributed by atoms with Crippen LogP contribution in [0.15, 0.2) is 24.5 Å².